The van der Waals surface area contributed by atoms with Crippen molar-refractivity contribution >= 4 is 54.6 Å². The van der Waals surface area contributed by atoms with Crippen LogP contribution in [-0.4, -0.2) is 18.7 Å². The van der Waals surface area contributed by atoms with Crippen molar-refractivity contribution in [2.24, 2.45) is 0 Å². The summed E-state index contributed by atoms with van der Waals surface area (Å²) in [6.45, 7) is 4.08. The molecule has 0 aliphatic heterocycles. The molecule has 0 spiro atoms. The Morgan fingerprint density at radius 1 is 0.535 bits per heavy atom. The quantitative estimate of drug-likeness (QED) is 0.0958. The number of nitrogens with zero attached hydrogens (tertiary/aromatic N) is 5. The highest BCUT2D eigenvalue weighted by molar-refractivity contribution is 6.12. The van der Waals surface area contributed by atoms with Crippen LogP contribution in [0, 0.1) is 6.33 Å². The largest absolute Gasteiger partial charge is 0.458 e. The molecule has 13 aromatic rings. The maximum atomic E-state index is 9.41. The molecule has 0 fully saturated rings. The number of para-hydroxylation sites is 5. The maximum absolute atomic E-state index is 9.41. The lowest BCUT2D eigenvalue weighted by Crippen LogP contribution is -2.31. The minimum Gasteiger partial charge on any atom is -0.458 e. The van der Waals surface area contributed by atoms with Gasteiger partial charge in [-0.05, 0) is 119 Å². The van der Waals surface area contributed by atoms with Crippen LogP contribution < -0.4 is 9.30 Å². The molecule has 0 radical (unpaired) electrons. The van der Waals surface area contributed by atoms with E-state index in [4.69, 9.17) is 23.4 Å². The van der Waals surface area contributed by atoms with E-state index in [2.05, 4.69) is 88.3 Å². The average Bonchev–Trinajstić information content (AvgIpc) is 4.30. The predicted molar refractivity (Wildman–Crippen MR) is 291 cm³/mol. The summed E-state index contributed by atoms with van der Waals surface area (Å²) in [6, 6.07) is 47.7. The van der Waals surface area contributed by atoms with Crippen molar-refractivity contribution in [1.29, 1.82) is 0 Å². The second-order valence-electron chi connectivity index (χ2n) is 17.4. The molecule has 0 amide bonds. The molecule has 4 heterocycles. The summed E-state index contributed by atoms with van der Waals surface area (Å²) in [5, 5.41) is 4.31. The summed E-state index contributed by atoms with van der Waals surface area (Å²) in [4.78, 5) is 4.95. The van der Waals surface area contributed by atoms with Crippen LogP contribution in [0.4, 0.5) is 0 Å². The van der Waals surface area contributed by atoms with Gasteiger partial charge in [-0.25, -0.2) is 4.98 Å². The molecule has 0 saturated carbocycles. The van der Waals surface area contributed by atoms with Gasteiger partial charge in [-0.3, -0.25) is 13.7 Å². The van der Waals surface area contributed by atoms with Crippen molar-refractivity contribution < 1.29 is 24.4 Å². The summed E-state index contributed by atoms with van der Waals surface area (Å²) >= 11 is 0. The zero-order chi connectivity index (χ0) is 57.0. The van der Waals surface area contributed by atoms with Crippen molar-refractivity contribution in [3.05, 3.63) is 242 Å². The molecule has 0 aliphatic carbocycles. The molecular weight excluding hydrogens is 867 g/mol. The molecule has 9 aromatic carbocycles. The zero-order valence-corrected chi connectivity index (χ0v) is 38.7. The van der Waals surface area contributed by atoms with Crippen LogP contribution >= 0.6 is 0 Å². The fourth-order valence-corrected chi connectivity index (χ4v) is 10.3. The van der Waals surface area contributed by atoms with Crippen molar-refractivity contribution in [3.8, 4) is 56.6 Å². The Hall–Kier alpha value is -9.00. The number of pyridine rings is 1. The number of benzene rings is 9. The van der Waals surface area contributed by atoms with E-state index in [0.29, 0.717) is 46.9 Å². The van der Waals surface area contributed by atoms with Gasteiger partial charge in [-0.1, -0.05) is 159 Å². The second kappa shape index (κ2) is 17.5. The highest BCUT2D eigenvalue weighted by atomic mass is 16.5. The highest BCUT2D eigenvalue weighted by Gasteiger charge is 2.22. The molecule has 13 rings (SSSR count). The van der Waals surface area contributed by atoms with E-state index < -0.39 is 66.3 Å². The van der Waals surface area contributed by atoms with Crippen LogP contribution in [0.1, 0.15) is 53.2 Å². The zero-order valence-electron chi connectivity index (χ0n) is 49.7. The van der Waals surface area contributed by atoms with E-state index >= 15 is 0 Å². The minimum atomic E-state index is -0.804. The molecule has 0 unspecified atom stereocenters. The van der Waals surface area contributed by atoms with E-state index in [9.17, 15) is 1.37 Å². The predicted octanol–water partition coefficient (Wildman–Crippen LogP) is 16.3. The van der Waals surface area contributed by atoms with Crippen molar-refractivity contribution in [2.75, 3.05) is 0 Å². The lowest BCUT2D eigenvalue weighted by Gasteiger charge is -2.17. The van der Waals surface area contributed by atoms with Crippen LogP contribution in [0.15, 0.2) is 230 Å². The van der Waals surface area contributed by atoms with Crippen LogP contribution in [0.25, 0.3) is 99.8 Å². The number of rotatable bonds is 11. The first-order valence-corrected chi connectivity index (χ1v) is 23.7. The second-order valence-corrected chi connectivity index (χ2v) is 17.4. The first-order chi connectivity index (χ1) is 39.6. The molecule has 0 saturated heterocycles. The number of imidazole rings is 1. The fourth-order valence-electron chi connectivity index (χ4n) is 10.3. The Morgan fingerprint density at radius 3 is 1.86 bits per heavy atom. The van der Waals surface area contributed by atoms with Gasteiger partial charge < -0.3 is 9.30 Å². The first kappa shape index (κ1) is 31.9. The number of hydrogen-bond donors (Lipinski definition) is 0. The topological polar surface area (TPSA) is 40.8 Å². The summed E-state index contributed by atoms with van der Waals surface area (Å²) in [5.74, 6) is 0.888. The summed E-state index contributed by atoms with van der Waals surface area (Å²) < 4.78 is 112. The summed E-state index contributed by atoms with van der Waals surface area (Å²) in [6.07, 6.45) is 6.51. The standard InChI is InChI=1S/C65H49N5O/c1-3-44(4-2)47-37-38-66-64(39-47)70-60-36-33-49(69-58-29-13-11-25-54(58)55-26-12-14-30-59(55)69)41-57(60)56-35-34-51(42-63(56)70)71-50-24-17-23-48(40-50)67-43-68(62-32-16-15-31-61(62)67)65-52(45-19-7-5-8-20-45)27-18-28-53(65)46-21-9-6-10-22-46/h5-42,44H,3-4H2,1-2H3/i5D,6D,7D,8D,9D,10D,19D,20D,21D,22D,44D. The smallest absolute Gasteiger partial charge is 0.269 e. The molecule has 0 aliphatic rings. The highest BCUT2D eigenvalue weighted by Crippen LogP contribution is 2.40. The Balaban J connectivity index is 0.970. The van der Waals surface area contributed by atoms with Crippen LogP contribution in [0.5, 0.6) is 11.5 Å². The third-order valence-electron chi connectivity index (χ3n) is 13.5. The lowest BCUT2D eigenvalue weighted by atomic mass is 9.95. The molecule has 6 nitrogen and oxygen atoms in total. The molecule has 4 aromatic heterocycles. The average molecular weight is 927 g/mol. The molecule has 71 heavy (non-hydrogen) atoms. The third-order valence-corrected chi connectivity index (χ3v) is 13.5. The monoisotopic (exact) mass is 926 g/mol. The van der Waals surface area contributed by atoms with E-state index in [1.165, 1.54) is 10.8 Å². The van der Waals surface area contributed by atoms with E-state index in [1.807, 2.05) is 86.6 Å². The van der Waals surface area contributed by atoms with Gasteiger partial charge in [-0.2, -0.15) is 0 Å². The Kier molecular flexibility index (Phi) is 7.87. The lowest BCUT2D eigenvalue weighted by molar-refractivity contribution is -0.571. The summed E-state index contributed by atoms with van der Waals surface area (Å²) in [5.41, 5.74) is 7.82. The van der Waals surface area contributed by atoms with Gasteiger partial charge in [0.15, 0.2) is 0 Å². The Labute approximate surface area is 428 Å². The van der Waals surface area contributed by atoms with Crippen molar-refractivity contribution in [2.45, 2.75) is 32.6 Å². The number of ether oxygens (including phenoxy) is 1. The maximum Gasteiger partial charge on any atom is 0.269 e. The first-order valence-electron chi connectivity index (χ1n) is 29.2. The van der Waals surface area contributed by atoms with Gasteiger partial charge >= 0.3 is 0 Å². The van der Waals surface area contributed by atoms with Gasteiger partial charge in [0.25, 0.3) is 6.33 Å². The normalized spacial score (nSPS) is 14.1. The van der Waals surface area contributed by atoms with Gasteiger partial charge in [0, 0.05) is 40.9 Å². The van der Waals surface area contributed by atoms with Crippen LogP contribution in [-0.2, 0) is 0 Å². The molecule has 340 valence electrons. The summed E-state index contributed by atoms with van der Waals surface area (Å²) in [7, 11) is 0. The molecule has 0 bridgehead atoms. The third kappa shape index (κ3) is 7.18. The van der Waals surface area contributed by atoms with Crippen LogP contribution in [0.3, 0.4) is 0 Å². The SMILES string of the molecule is [2H]c1c([2H])c([2H])c(-c2cccc(-c3c([2H])c([2H])c([2H])c([2H])c3[2H])c2-[n+]2[c-]n(-c3cccc(Oc4ccc5c6cc(-n7c8ccccc8c8ccccc87)ccc6n(-c6cc(C([2H])(CC)CC)ccn6)c5c4)c3)c3ccccc32)c([2H])c1[2H]. The number of fused-ring (bicyclic) bond motifs is 7. The van der Waals surface area contributed by atoms with Gasteiger partial charge in [0.2, 0.25) is 0 Å². The van der Waals surface area contributed by atoms with Crippen molar-refractivity contribution in [1.82, 2.24) is 18.7 Å². The molecular formula is C65H49N5O. The molecule has 0 N–H and O–H groups in total. The number of aromatic nitrogens is 5. The minimum absolute atomic E-state index is 0.141. The van der Waals surface area contributed by atoms with Gasteiger partial charge in [0.05, 0.1) is 58.2 Å². The van der Waals surface area contributed by atoms with Crippen LogP contribution in [0.2, 0.25) is 0 Å². The van der Waals surface area contributed by atoms with Gasteiger partial charge in [0.1, 0.15) is 17.3 Å². The van der Waals surface area contributed by atoms with E-state index in [1.54, 1.807) is 33.5 Å². The Morgan fingerprint density at radius 2 is 1.15 bits per heavy atom. The van der Waals surface area contributed by atoms with Gasteiger partial charge in [-0.15, -0.1) is 0 Å². The van der Waals surface area contributed by atoms with E-state index in [0.717, 1.165) is 44.1 Å². The molecule has 6 heteroatoms. The van der Waals surface area contributed by atoms with E-state index in [-0.39, 0.29) is 27.9 Å². The molecule has 0 atom stereocenters. The number of hydrogen-bond acceptors (Lipinski definition) is 2. The van der Waals surface area contributed by atoms with Crippen molar-refractivity contribution in [3.63, 3.8) is 0 Å². The Bertz CT molecular complexity index is 4610. The fraction of sp³-hybridized carbons (Fsp3) is 0.0769.